The maximum Gasteiger partial charge on any atom is 0.122 e. The van der Waals surface area contributed by atoms with Gasteiger partial charge in [0.25, 0.3) is 0 Å². The van der Waals surface area contributed by atoms with Crippen molar-refractivity contribution in [3.05, 3.63) is 16.8 Å². The van der Waals surface area contributed by atoms with Crippen LogP contribution in [0.4, 0.5) is 5.82 Å². The minimum Gasteiger partial charge on any atom is -0.384 e. The average Bonchev–Trinajstić information content (AvgIpc) is 2.91. The van der Waals surface area contributed by atoms with Crippen LogP contribution < -0.4 is 5.73 Å². The molecule has 18 heavy (non-hydrogen) atoms. The van der Waals surface area contributed by atoms with Crippen LogP contribution in [0.15, 0.2) is 0 Å². The minimum absolute atomic E-state index is 0.322. The molecule has 1 aliphatic heterocycles. The van der Waals surface area contributed by atoms with E-state index in [9.17, 15) is 0 Å². The molecular formula is C13H19N3O2. The topological polar surface area (TPSA) is 73.2 Å². The van der Waals surface area contributed by atoms with Gasteiger partial charge in [0.1, 0.15) is 17.5 Å². The van der Waals surface area contributed by atoms with Crippen molar-refractivity contribution in [1.82, 2.24) is 4.57 Å². The monoisotopic (exact) mass is 249 g/mol. The molecule has 5 heteroatoms. The van der Waals surface area contributed by atoms with E-state index in [1.54, 1.807) is 7.11 Å². The Labute approximate surface area is 107 Å². The fourth-order valence-corrected chi connectivity index (χ4v) is 2.46. The predicted octanol–water partition coefficient (Wildman–Crippen LogP) is 1.36. The van der Waals surface area contributed by atoms with Crippen molar-refractivity contribution in [2.45, 2.75) is 32.4 Å². The van der Waals surface area contributed by atoms with E-state index in [0.717, 1.165) is 17.7 Å². The van der Waals surface area contributed by atoms with Crippen molar-refractivity contribution >= 4 is 5.82 Å². The van der Waals surface area contributed by atoms with Crippen molar-refractivity contribution in [1.29, 1.82) is 5.26 Å². The zero-order chi connectivity index (χ0) is 13.3. The molecule has 0 saturated carbocycles. The van der Waals surface area contributed by atoms with Crippen molar-refractivity contribution < 1.29 is 9.47 Å². The molecular weight excluding hydrogens is 230 g/mol. The second-order valence-corrected chi connectivity index (χ2v) is 4.86. The molecule has 0 spiro atoms. The average molecular weight is 249 g/mol. The normalized spacial score (nSPS) is 23.2. The molecule has 2 rings (SSSR count). The number of rotatable bonds is 3. The zero-order valence-corrected chi connectivity index (χ0v) is 11.1. The van der Waals surface area contributed by atoms with Gasteiger partial charge in [0, 0.05) is 25.8 Å². The van der Waals surface area contributed by atoms with E-state index < -0.39 is 0 Å². The van der Waals surface area contributed by atoms with Crippen LogP contribution >= 0.6 is 0 Å². The van der Waals surface area contributed by atoms with Crippen LogP contribution in [0.2, 0.25) is 0 Å². The van der Waals surface area contributed by atoms with Crippen LogP contribution in [0.1, 0.15) is 23.2 Å². The summed E-state index contributed by atoms with van der Waals surface area (Å²) < 4.78 is 13.0. The van der Waals surface area contributed by atoms with Crippen molar-refractivity contribution in [2.75, 3.05) is 26.1 Å². The number of nitrogens with two attached hydrogens (primary N) is 1. The maximum absolute atomic E-state index is 9.12. The highest BCUT2D eigenvalue weighted by Gasteiger charge is 2.36. The first-order valence-electron chi connectivity index (χ1n) is 6.03. The summed E-state index contributed by atoms with van der Waals surface area (Å²) in [5, 5.41) is 9.12. The van der Waals surface area contributed by atoms with Gasteiger partial charge in [0.15, 0.2) is 0 Å². The highest BCUT2D eigenvalue weighted by Crippen LogP contribution is 2.30. The van der Waals surface area contributed by atoms with Gasteiger partial charge >= 0.3 is 0 Å². The number of nitrogen functional groups attached to an aromatic ring is 1. The molecule has 1 aliphatic rings. The molecule has 5 nitrogen and oxygen atoms in total. The van der Waals surface area contributed by atoms with Gasteiger partial charge in [0.05, 0.1) is 18.7 Å². The van der Waals surface area contributed by atoms with Gasteiger partial charge in [-0.1, -0.05) is 0 Å². The third-order valence-corrected chi connectivity index (χ3v) is 3.93. The smallest absolute Gasteiger partial charge is 0.122 e. The summed E-state index contributed by atoms with van der Waals surface area (Å²) in [6.45, 7) is 5.81. The summed E-state index contributed by atoms with van der Waals surface area (Å²) in [7, 11) is 1.70. The fourth-order valence-electron chi connectivity index (χ4n) is 2.46. The molecule has 0 bridgehead atoms. The summed E-state index contributed by atoms with van der Waals surface area (Å²) in [4.78, 5) is 0. The summed E-state index contributed by atoms with van der Waals surface area (Å²) in [5.41, 5.74) is 8.26. The molecule has 1 aromatic rings. The molecule has 1 aromatic heterocycles. The summed E-state index contributed by atoms with van der Waals surface area (Å²) >= 11 is 0. The highest BCUT2D eigenvalue weighted by atomic mass is 16.5. The Bertz CT molecular complexity index is 493. The van der Waals surface area contributed by atoms with E-state index in [-0.39, 0.29) is 5.60 Å². The van der Waals surface area contributed by atoms with E-state index in [4.69, 9.17) is 20.5 Å². The van der Waals surface area contributed by atoms with Crippen LogP contribution in [0.3, 0.4) is 0 Å². The SMILES string of the molecule is COC1(Cn2c(C)c(C)c(C#N)c2N)CCOC1. The van der Waals surface area contributed by atoms with Gasteiger partial charge in [-0.05, 0) is 19.4 Å². The first-order valence-corrected chi connectivity index (χ1v) is 6.03. The number of hydrogen-bond acceptors (Lipinski definition) is 4. The molecule has 1 atom stereocenters. The zero-order valence-electron chi connectivity index (χ0n) is 11.1. The molecule has 98 valence electrons. The third-order valence-electron chi connectivity index (χ3n) is 3.93. The number of hydrogen-bond donors (Lipinski definition) is 1. The lowest BCUT2D eigenvalue weighted by Crippen LogP contribution is -2.37. The third kappa shape index (κ3) is 1.88. The van der Waals surface area contributed by atoms with Crippen LogP contribution in [-0.4, -0.2) is 30.5 Å². The predicted molar refractivity (Wildman–Crippen MR) is 68.2 cm³/mol. The number of nitrogens with zero attached hydrogens (tertiary/aromatic N) is 2. The van der Waals surface area contributed by atoms with Crippen molar-refractivity contribution in [3.8, 4) is 6.07 Å². The van der Waals surface area contributed by atoms with E-state index in [2.05, 4.69) is 6.07 Å². The molecule has 2 N–H and O–H groups in total. The van der Waals surface area contributed by atoms with Crippen LogP contribution in [0.25, 0.3) is 0 Å². The standard InChI is InChI=1S/C13H19N3O2/c1-9-10(2)16(12(15)11(9)6-14)7-13(17-3)4-5-18-8-13/h4-5,7-8,15H2,1-3H3. The first-order chi connectivity index (χ1) is 8.54. The maximum atomic E-state index is 9.12. The van der Waals surface area contributed by atoms with E-state index in [1.807, 2.05) is 18.4 Å². The lowest BCUT2D eigenvalue weighted by Gasteiger charge is -2.27. The van der Waals surface area contributed by atoms with Crippen LogP contribution in [0, 0.1) is 25.2 Å². The van der Waals surface area contributed by atoms with Crippen LogP contribution in [0.5, 0.6) is 0 Å². The van der Waals surface area contributed by atoms with Crippen LogP contribution in [-0.2, 0) is 16.0 Å². The second-order valence-electron chi connectivity index (χ2n) is 4.86. The Morgan fingerprint density at radius 2 is 2.28 bits per heavy atom. The summed E-state index contributed by atoms with van der Waals surface area (Å²) in [6, 6.07) is 2.16. The fraction of sp³-hybridized carbons (Fsp3) is 0.615. The molecule has 0 aromatic carbocycles. The first kappa shape index (κ1) is 12.9. The summed E-state index contributed by atoms with van der Waals surface area (Å²) in [5.74, 6) is 0.524. The molecule has 1 saturated heterocycles. The van der Waals surface area contributed by atoms with Crippen molar-refractivity contribution in [2.24, 2.45) is 0 Å². The molecule has 1 unspecified atom stereocenters. The lowest BCUT2D eigenvalue weighted by atomic mass is 10.0. The number of ether oxygens (including phenoxy) is 2. The minimum atomic E-state index is -0.322. The number of aromatic nitrogens is 1. The van der Waals surface area contributed by atoms with Crippen molar-refractivity contribution in [3.63, 3.8) is 0 Å². The molecule has 2 heterocycles. The van der Waals surface area contributed by atoms with Gasteiger partial charge in [-0.25, -0.2) is 0 Å². The van der Waals surface area contributed by atoms with Gasteiger partial charge in [-0.15, -0.1) is 0 Å². The molecule has 0 aliphatic carbocycles. The Balaban J connectivity index is 2.38. The Kier molecular flexibility index (Phi) is 3.33. The lowest BCUT2D eigenvalue weighted by molar-refractivity contribution is -0.0293. The Hall–Kier alpha value is -1.51. The number of methoxy groups -OCH3 is 1. The Morgan fingerprint density at radius 3 is 2.72 bits per heavy atom. The van der Waals surface area contributed by atoms with E-state index >= 15 is 0 Å². The largest absolute Gasteiger partial charge is 0.384 e. The van der Waals surface area contributed by atoms with Gasteiger partial charge in [-0.3, -0.25) is 0 Å². The molecule has 0 amide bonds. The summed E-state index contributed by atoms with van der Waals surface area (Å²) in [6.07, 6.45) is 0.849. The Morgan fingerprint density at radius 1 is 1.56 bits per heavy atom. The van der Waals surface area contributed by atoms with Gasteiger partial charge in [-0.2, -0.15) is 5.26 Å². The second kappa shape index (κ2) is 4.63. The van der Waals surface area contributed by atoms with E-state index in [0.29, 0.717) is 31.1 Å². The van der Waals surface area contributed by atoms with E-state index in [1.165, 1.54) is 0 Å². The quantitative estimate of drug-likeness (QED) is 0.878. The number of nitriles is 1. The molecule has 0 radical (unpaired) electrons. The molecule has 1 fully saturated rings. The highest BCUT2D eigenvalue weighted by molar-refractivity contribution is 5.57. The number of anilines is 1. The van der Waals surface area contributed by atoms with Gasteiger partial charge in [0.2, 0.25) is 0 Å². The van der Waals surface area contributed by atoms with Gasteiger partial charge < -0.3 is 19.8 Å².